The van der Waals surface area contributed by atoms with Gasteiger partial charge < -0.3 is 19.6 Å². The number of rotatable bonds is 6. The Morgan fingerprint density at radius 3 is 2.43 bits per heavy atom. The number of hydrogen-bond acceptors (Lipinski definition) is 7. The van der Waals surface area contributed by atoms with Gasteiger partial charge in [0.05, 0.1) is 5.69 Å². The van der Waals surface area contributed by atoms with Gasteiger partial charge in [0.25, 0.3) is 0 Å². The van der Waals surface area contributed by atoms with E-state index >= 15 is 0 Å². The Labute approximate surface area is 166 Å². The molecule has 3 rings (SSSR count). The van der Waals surface area contributed by atoms with Crippen LogP contribution in [0.15, 0.2) is 16.7 Å². The molecule has 1 aliphatic heterocycles. The van der Waals surface area contributed by atoms with E-state index < -0.39 is 0 Å². The second kappa shape index (κ2) is 8.58. The lowest BCUT2D eigenvalue weighted by Gasteiger charge is -2.29. The third-order valence-electron chi connectivity index (χ3n) is 4.88. The number of carbonyl (C=O) groups excluding carboxylic acids is 1. The standard InChI is InChI=1S/C20H30N6O2/c1-13(2)17-11-16(24-28-17)15-12-18(23-20(22-15)25(4)5)21-14(3)19(27)26-9-7-6-8-10-26/h11-14H,6-10H2,1-5H3,(H,21,22,23)/t14-/m1/s1. The first kappa shape index (κ1) is 20.1. The molecule has 2 aromatic heterocycles. The van der Waals surface area contributed by atoms with E-state index in [2.05, 4.69) is 34.3 Å². The highest BCUT2D eigenvalue weighted by molar-refractivity contribution is 5.84. The number of amides is 1. The molecule has 0 aromatic carbocycles. The Kier molecular flexibility index (Phi) is 6.16. The van der Waals surface area contributed by atoms with Gasteiger partial charge in [0.15, 0.2) is 0 Å². The van der Waals surface area contributed by atoms with Crippen molar-refractivity contribution in [3.8, 4) is 11.4 Å². The van der Waals surface area contributed by atoms with Crippen LogP contribution in [0.1, 0.15) is 51.7 Å². The van der Waals surface area contributed by atoms with Crippen LogP contribution in [0.2, 0.25) is 0 Å². The van der Waals surface area contributed by atoms with Gasteiger partial charge in [-0.15, -0.1) is 0 Å². The number of hydrogen-bond donors (Lipinski definition) is 1. The summed E-state index contributed by atoms with van der Waals surface area (Å²) in [6.07, 6.45) is 3.35. The summed E-state index contributed by atoms with van der Waals surface area (Å²) in [6, 6.07) is 3.35. The maximum absolute atomic E-state index is 12.7. The van der Waals surface area contributed by atoms with Gasteiger partial charge >= 0.3 is 0 Å². The third-order valence-corrected chi connectivity index (χ3v) is 4.88. The highest BCUT2D eigenvalue weighted by Gasteiger charge is 2.23. The predicted molar refractivity (Wildman–Crippen MR) is 109 cm³/mol. The second-order valence-corrected chi connectivity index (χ2v) is 7.85. The number of piperidine rings is 1. The molecule has 0 unspecified atom stereocenters. The molecule has 0 saturated carbocycles. The zero-order valence-electron chi connectivity index (χ0n) is 17.4. The SMILES string of the molecule is CC(C)c1cc(-c2cc(N[C@H](C)C(=O)N3CCCCC3)nc(N(C)C)n2)no1. The fourth-order valence-corrected chi connectivity index (χ4v) is 3.19. The van der Waals surface area contributed by atoms with Gasteiger partial charge in [-0.1, -0.05) is 19.0 Å². The molecule has 1 amide bonds. The van der Waals surface area contributed by atoms with Crippen LogP contribution >= 0.6 is 0 Å². The highest BCUT2D eigenvalue weighted by atomic mass is 16.5. The number of aromatic nitrogens is 3. The van der Waals surface area contributed by atoms with Crippen LogP contribution in [0.3, 0.4) is 0 Å². The van der Waals surface area contributed by atoms with Crippen molar-refractivity contribution in [1.29, 1.82) is 0 Å². The molecular formula is C20H30N6O2. The Balaban J connectivity index is 1.83. The van der Waals surface area contributed by atoms with Gasteiger partial charge in [-0.3, -0.25) is 4.79 Å². The zero-order chi connectivity index (χ0) is 20.3. The molecule has 8 heteroatoms. The normalized spacial score (nSPS) is 15.6. The van der Waals surface area contributed by atoms with Gasteiger partial charge in [0.1, 0.15) is 23.3 Å². The topological polar surface area (TPSA) is 87.4 Å². The van der Waals surface area contributed by atoms with Crippen LogP contribution in [0, 0.1) is 0 Å². The smallest absolute Gasteiger partial charge is 0.244 e. The molecule has 2 aromatic rings. The van der Waals surface area contributed by atoms with Crippen LogP contribution in [0.5, 0.6) is 0 Å². The summed E-state index contributed by atoms with van der Waals surface area (Å²) in [7, 11) is 3.76. The van der Waals surface area contributed by atoms with Gasteiger partial charge in [0, 0.05) is 45.2 Å². The summed E-state index contributed by atoms with van der Waals surface area (Å²) >= 11 is 0. The summed E-state index contributed by atoms with van der Waals surface area (Å²) in [5, 5.41) is 7.40. The fourth-order valence-electron chi connectivity index (χ4n) is 3.19. The first-order chi connectivity index (χ1) is 13.3. The van der Waals surface area contributed by atoms with E-state index in [9.17, 15) is 4.79 Å². The lowest BCUT2D eigenvalue weighted by molar-refractivity contribution is -0.132. The molecule has 3 heterocycles. The molecule has 1 saturated heterocycles. The van der Waals surface area contributed by atoms with Crippen LogP contribution in [-0.4, -0.2) is 59.2 Å². The first-order valence-corrected chi connectivity index (χ1v) is 9.94. The van der Waals surface area contributed by atoms with Gasteiger partial charge in [0.2, 0.25) is 11.9 Å². The van der Waals surface area contributed by atoms with E-state index in [4.69, 9.17) is 4.52 Å². The highest BCUT2D eigenvalue weighted by Crippen LogP contribution is 2.25. The fraction of sp³-hybridized carbons (Fsp3) is 0.600. The van der Waals surface area contributed by atoms with Crippen molar-refractivity contribution in [2.45, 2.75) is 52.0 Å². The monoisotopic (exact) mass is 386 g/mol. The van der Waals surface area contributed by atoms with Crippen molar-refractivity contribution < 1.29 is 9.32 Å². The zero-order valence-corrected chi connectivity index (χ0v) is 17.4. The summed E-state index contributed by atoms with van der Waals surface area (Å²) < 4.78 is 5.41. The Hall–Kier alpha value is -2.64. The molecular weight excluding hydrogens is 356 g/mol. The molecule has 0 aliphatic carbocycles. The number of likely N-dealkylation sites (tertiary alicyclic amines) is 1. The average molecular weight is 387 g/mol. The van der Waals surface area contributed by atoms with Crippen molar-refractivity contribution >= 4 is 17.7 Å². The van der Waals surface area contributed by atoms with Crippen LogP contribution in [0.25, 0.3) is 11.4 Å². The van der Waals surface area contributed by atoms with E-state index in [0.29, 0.717) is 23.2 Å². The lowest BCUT2D eigenvalue weighted by atomic mass is 10.1. The number of nitrogens with one attached hydrogen (secondary N) is 1. The van der Waals surface area contributed by atoms with Gasteiger partial charge in [-0.2, -0.15) is 4.98 Å². The van der Waals surface area contributed by atoms with E-state index in [1.54, 1.807) is 0 Å². The number of carbonyl (C=O) groups is 1. The number of nitrogens with zero attached hydrogens (tertiary/aromatic N) is 5. The quantitative estimate of drug-likeness (QED) is 0.816. The Morgan fingerprint density at radius 1 is 1.11 bits per heavy atom. The third kappa shape index (κ3) is 4.61. The van der Waals surface area contributed by atoms with E-state index in [-0.39, 0.29) is 17.9 Å². The van der Waals surface area contributed by atoms with E-state index in [1.165, 1.54) is 6.42 Å². The summed E-state index contributed by atoms with van der Waals surface area (Å²) in [6.45, 7) is 7.65. The molecule has 8 nitrogen and oxygen atoms in total. The van der Waals surface area contributed by atoms with E-state index in [1.807, 2.05) is 43.0 Å². The molecule has 1 aliphatic rings. The molecule has 0 radical (unpaired) electrons. The van der Waals surface area contributed by atoms with Crippen LogP contribution in [0.4, 0.5) is 11.8 Å². The van der Waals surface area contributed by atoms with Gasteiger partial charge in [-0.05, 0) is 26.2 Å². The molecule has 28 heavy (non-hydrogen) atoms. The average Bonchev–Trinajstić information content (AvgIpc) is 3.18. The summed E-state index contributed by atoms with van der Waals surface area (Å²) in [5.41, 5.74) is 1.32. The van der Waals surface area contributed by atoms with Crippen molar-refractivity contribution in [2.24, 2.45) is 0 Å². The molecule has 1 fully saturated rings. The first-order valence-electron chi connectivity index (χ1n) is 9.94. The summed E-state index contributed by atoms with van der Waals surface area (Å²) in [5.74, 6) is 2.31. The van der Waals surface area contributed by atoms with Crippen molar-refractivity contribution in [1.82, 2.24) is 20.0 Å². The molecule has 0 spiro atoms. The largest absolute Gasteiger partial charge is 0.360 e. The molecule has 1 atom stereocenters. The summed E-state index contributed by atoms with van der Waals surface area (Å²) in [4.78, 5) is 25.6. The van der Waals surface area contributed by atoms with Crippen LogP contribution in [-0.2, 0) is 4.79 Å². The molecule has 152 valence electrons. The maximum Gasteiger partial charge on any atom is 0.244 e. The minimum atomic E-state index is -0.362. The molecule has 0 bridgehead atoms. The minimum absolute atomic E-state index is 0.106. The van der Waals surface area contributed by atoms with Gasteiger partial charge in [-0.25, -0.2) is 4.98 Å². The van der Waals surface area contributed by atoms with Crippen molar-refractivity contribution in [3.63, 3.8) is 0 Å². The maximum atomic E-state index is 12.7. The minimum Gasteiger partial charge on any atom is -0.360 e. The second-order valence-electron chi connectivity index (χ2n) is 7.85. The molecule has 1 N–H and O–H groups in total. The number of anilines is 2. The Bertz CT molecular complexity index is 811. The van der Waals surface area contributed by atoms with Crippen LogP contribution < -0.4 is 10.2 Å². The van der Waals surface area contributed by atoms with Crippen molar-refractivity contribution in [3.05, 3.63) is 17.9 Å². The Morgan fingerprint density at radius 2 is 1.82 bits per heavy atom. The van der Waals surface area contributed by atoms with E-state index in [0.717, 1.165) is 31.7 Å². The van der Waals surface area contributed by atoms with Crippen molar-refractivity contribution in [2.75, 3.05) is 37.4 Å². The lowest BCUT2D eigenvalue weighted by Crippen LogP contribution is -2.44. The predicted octanol–water partition coefficient (Wildman–Crippen LogP) is 3.13.